The van der Waals surface area contributed by atoms with Crippen LogP contribution in [-0.2, 0) is 9.53 Å². The van der Waals surface area contributed by atoms with E-state index in [0.717, 1.165) is 0 Å². The standard InChI is InChI=1S/C15H26NO2/c1-12(11-15(17)18-2)13-7-3-4-8-14(13)16-9-5-6-10-16/h12-13H,3-11H2,1-2H3/q+1. The van der Waals surface area contributed by atoms with Crippen molar-refractivity contribution in [1.82, 2.24) is 0 Å². The van der Waals surface area contributed by atoms with E-state index in [9.17, 15) is 4.79 Å². The fourth-order valence-corrected chi connectivity index (χ4v) is 3.52. The molecule has 0 spiro atoms. The molecule has 0 aromatic heterocycles. The molecule has 0 radical (unpaired) electrons. The molecule has 2 aliphatic rings. The summed E-state index contributed by atoms with van der Waals surface area (Å²) in [6.45, 7) is 4.68. The highest BCUT2D eigenvalue weighted by Gasteiger charge is 2.34. The fourth-order valence-electron chi connectivity index (χ4n) is 3.52. The highest BCUT2D eigenvalue weighted by atomic mass is 16.5. The highest BCUT2D eigenvalue weighted by Crippen LogP contribution is 2.30. The van der Waals surface area contributed by atoms with E-state index in [1.807, 2.05) is 0 Å². The molecule has 2 atom stereocenters. The lowest BCUT2D eigenvalue weighted by Gasteiger charge is -2.27. The molecule has 3 heteroatoms. The van der Waals surface area contributed by atoms with E-state index < -0.39 is 0 Å². The van der Waals surface area contributed by atoms with Gasteiger partial charge in [0.1, 0.15) is 13.1 Å². The zero-order valence-corrected chi connectivity index (χ0v) is 11.8. The van der Waals surface area contributed by atoms with Gasteiger partial charge in [0.05, 0.1) is 7.11 Å². The minimum Gasteiger partial charge on any atom is -0.469 e. The van der Waals surface area contributed by atoms with Crippen molar-refractivity contribution in [1.29, 1.82) is 0 Å². The zero-order valence-electron chi connectivity index (χ0n) is 11.8. The fraction of sp³-hybridized carbons (Fsp3) is 0.867. The van der Waals surface area contributed by atoms with Gasteiger partial charge in [-0.05, 0) is 18.8 Å². The molecular formula is C15H26NO2+. The monoisotopic (exact) mass is 252 g/mol. The Morgan fingerprint density at radius 2 is 2.06 bits per heavy atom. The van der Waals surface area contributed by atoms with Gasteiger partial charge >= 0.3 is 5.97 Å². The average Bonchev–Trinajstić information content (AvgIpc) is 2.92. The summed E-state index contributed by atoms with van der Waals surface area (Å²) in [4.78, 5) is 11.4. The second-order valence-corrected chi connectivity index (χ2v) is 5.80. The van der Waals surface area contributed by atoms with Crippen molar-refractivity contribution >= 4 is 11.7 Å². The average molecular weight is 252 g/mol. The van der Waals surface area contributed by atoms with Gasteiger partial charge in [-0.3, -0.25) is 4.79 Å². The molecule has 1 heterocycles. The molecule has 2 fully saturated rings. The SMILES string of the molecule is COC(=O)CC(C)C1CCCCC1=[N+]1CCCC1. The van der Waals surface area contributed by atoms with Crippen LogP contribution >= 0.6 is 0 Å². The molecule has 0 aromatic rings. The lowest BCUT2D eigenvalue weighted by atomic mass is 9.77. The van der Waals surface area contributed by atoms with Crippen LogP contribution in [0, 0.1) is 11.8 Å². The first-order chi connectivity index (χ1) is 8.72. The number of methoxy groups -OCH3 is 1. The predicted octanol–water partition coefficient (Wildman–Crippen LogP) is 2.62. The van der Waals surface area contributed by atoms with Crippen LogP contribution in [0.25, 0.3) is 0 Å². The lowest BCUT2D eigenvalue weighted by Crippen LogP contribution is -2.34. The van der Waals surface area contributed by atoms with Crippen molar-refractivity contribution in [3.63, 3.8) is 0 Å². The van der Waals surface area contributed by atoms with E-state index in [1.54, 1.807) is 5.71 Å². The van der Waals surface area contributed by atoms with Crippen LogP contribution in [0.3, 0.4) is 0 Å². The van der Waals surface area contributed by atoms with Gasteiger partial charge in [-0.1, -0.05) is 13.3 Å². The molecular weight excluding hydrogens is 226 g/mol. The maximum atomic E-state index is 11.4. The third kappa shape index (κ3) is 3.12. The summed E-state index contributed by atoms with van der Waals surface area (Å²) in [5.41, 5.74) is 1.63. The molecule has 2 unspecified atom stereocenters. The topological polar surface area (TPSA) is 29.3 Å². The molecule has 0 N–H and O–H groups in total. The van der Waals surface area contributed by atoms with E-state index in [4.69, 9.17) is 4.74 Å². The van der Waals surface area contributed by atoms with Gasteiger partial charge in [0.15, 0.2) is 5.71 Å². The minimum atomic E-state index is -0.0613. The van der Waals surface area contributed by atoms with Crippen LogP contribution in [0.15, 0.2) is 0 Å². The number of rotatable bonds is 3. The van der Waals surface area contributed by atoms with Gasteiger partial charge in [-0.25, -0.2) is 4.58 Å². The second-order valence-electron chi connectivity index (χ2n) is 5.80. The maximum absolute atomic E-state index is 11.4. The van der Waals surface area contributed by atoms with E-state index in [2.05, 4.69) is 11.5 Å². The van der Waals surface area contributed by atoms with Crippen LogP contribution in [-0.4, -0.2) is 36.5 Å². The van der Waals surface area contributed by atoms with E-state index >= 15 is 0 Å². The first-order valence-electron chi connectivity index (χ1n) is 7.40. The Hall–Kier alpha value is -0.860. The smallest absolute Gasteiger partial charge is 0.305 e. The van der Waals surface area contributed by atoms with E-state index in [0.29, 0.717) is 18.3 Å². The molecule has 18 heavy (non-hydrogen) atoms. The summed E-state index contributed by atoms with van der Waals surface area (Å²) in [5.74, 6) is 0.971. The zero-order chi connectivity index (χ0) is 13.0. The molecule has 1 aliphatic heterocycles. The van der Waals surface area contributed by atoms with Crippen molar-refractivity contribution < 1.29 is 14.1 Å². The number of hydrogen-bond acceptors (Lipinski definition) is 2. The van der Waals surface area contributed by atoms with Crippen LogP contribution in [0.1, 0.15) is 51.9 Å². The molecule has 1 saturated carbocycles. The van der Waals surface area contributed by atoms with Crippen molar-refractivity contribution in [2.75, 3.05) is 20.2 Å². The second kappa shape index (κ2) is 6.35. The maximum Gasteiger partial charge on any atom is 0.305 e. The molecule has 1 aliphatic carbocycles. The number of nitrogens with zero attached hydrogens (tertiary/aromatic N) is 1. The Morgan fingerprint density at radius 1 is 1.33 bits per heavy atom. The van der Waals surface area contributed by atoms with E-state index in [1.165, 1.54) is 58.7 Å². The Bertz CT molecular complexity index is 327. The molecule has 0 bridgehead atoms. The summed E-state index contributed by atoms with van der Waals surface area (Å²) in [6.07, 6.45) is 8.38. The molecule has 1 saturated heterocycles. The van der Waals surface area contributed by atoms with Gasteiger partial charge in [0, 0.05) is 31.6 Å². The van der Waals surface area contributed by atoms with Gasteiger partial charge in [-0.2, -0.15) is 0 Å². The van der Waals surface area contributed by atoms with Gasteiger partial charge in [0.25, 0.3) is 0 Å². The molecule has 3 nitrogen and oxygen atoms in total. The third-order valence-electron chi connectivity index (χ3n) is 4.54. The first kappa shape index (κ1) is 13.6. The summed E-state index contributed by atoms with van der Waals surface area (Å²) in [5, 5.41) is 0. The Labute approximate surface area is 110 Å². The minimum absolute atomic E-state index is 0.0613. The number of carbonyl (C=O) groups excluding carboxylic acids is 1. The Balaban J connectivity index is 2.07. The molecule has 2 rings (SSSR count). The largest absolute Gasteiger partial charge is 0.469 e. The van der Waals surface area contributed by atoms with Crippen molar-refractivity contribution in [2.24, 2.45) is 11.8 Å². The summed E-state index contributed by atoms with van der Waals surface area (Å²) >= 11 is 0. The van der Waals surface area contributed by atoms with Gasteiger partial charge in [-0.15, -0.1) is 0 Å². The molecule has 0 aromatic carbocycles. The number of esters is 1. The summed E-state index contributed by atoms with van der Waals surface area (Å²) < 4.78 is 7.41. The Morgan fingerprint density at radius 3 is 2.72 bits per heavy atom. The number of hydrogen-bond donors (Lipinski definition) is 0. The molecule has 102 valence electrons. The van der Waals surface area contributed by atoms with Gasteiger partial charge < -0.3 is 4.74 Å². The number of carbonyl (C=O) groups is 1. The van der Waals surface area contributed by atoms with Gasteiger partial charge in [0.2, 0.25) is 0 Å². The third-order valence-corrected chi connectivity index (χ3v) is 4.54. The van der Waals surface area contributed by atoms with Crippen LogP contribution in [0.4, 0.5) is 0 Å². The van der Waals surface area contributed by atoms with Crippen molar-refractivity contribution in [3.8, 4) is 0 Å². The number of ether oxygens (including phenoxy) is 1. The summed E-state index contributed by atoms with van der Waals surface area (Å²) in [6, 6.07) is 0. The Kier molecular flexibility index (Phi) is 4.79. The van der Waals surface area contributed by atoms with Crippen molar-refractivity contribution in [3.05, 3.63) is 0 Å². The first-order valence-corrected chi connectivity index (χ1v) is 7.40. The van der Waals surface area contributed by atoms with Crippen LogP contribution in [0.2, 0.25) is 0 Å². The normalized spacial score (nSPS) is 26.2. The van der Waals surface area contributed by atoms with E-state index in [-0.39, 0.29) is 5.97 Å². The highest BCUT2D eigenvalue weighted by molar-refractivity contribution is 5.84. The van der Waals surface area contributed by atoms with Crippen LogP contribution in [0.5, 0.6) is 0 Å². The quantitative estimate of drug-likeness (QED) is 0.571. The summed E-state index contributed by atoms with van der Waals surface area (Å²) in [7, 11) is 1.49. The lowest BCUT2D eigenvalue weighted by molar-refractivity contribution is -0.510. The molecule has 0 amide bonds. The van der Waals surface area contributed by atoms with Crippen LogP contribution < -0.4 is 0 Å². The van der Waals surface area contributed by atoms with Crippen molar-refractivity contribution in [2.45, 2.75) is 51.9 Å². The predicted molar refractivity (Wildman–Crippen MR) is 72.0 cm³/mol.